The van der Waals surface area contributed by atoms with Crippen molar-refractivity contribution in [1.29, 1.82) is 0 Å². The second kappa shape index (κ2) is 6.65. The van der Waals surface area contributed by atoms with Crippen LogP contribution in [0, 0.1) is 6.92 Å². The van der Waals surface area contributed by atoms with Gasteiger partial charge in [-0.1, -0.05) is 12.1 Å². The molecule has 22 heavy (non-hydrogen) atoms. The first-order chi connectivity index (χ1) is 10.5. The standard InChI is InChI=1S/C15H19O6P/c1-5-19-22(17,20-6-2)14-10(3)15(16)21-13-11(14)8-7-9-12(13)18-4/h7-9H,5-6H2,1-4H3. The number of ether oxygens (including phenoxy) is 1. The van der Waals surface area contributed by atoms with E-state index >= 15 is 0 Å². The third-order valence-corrected chi connectivity index (χ3v) is 5.50. The normalized spacial score (nSPS) is 11.8. The highest BCUT2D eigenvalue weighted by atomic mass is 31.2. The molecule has 120 valence electrons. The lowest BCUT2D eigenvalue weighted by atomic mass is 10.2. The van der Waals surface area contributed by atoms with E-state index in [1.807, 2.05) is 0 Å². The number of hydrogen-bond acceptors (Lipinski definition) is 6. The summed E-state index contributed by atoms with van der Waals surface area (Å²) in [7, 11) is -2.16. The molecule has 0 unspecified atom stereocenters. The number of fused-ring (bicyclic) bond motifs is 1. The van der Waals surface area contributed by atoms with Crippen molar-refractivity contribution in [3.63, 3.8) is 0 Å². The fourth-order valence-electron chi connectivity index (χ4n) is 2.30. The summed E-state index contributed by atoms with van der Waals surface area (Å²) in [6.45, 7) is 5.37. The lowest BCUT2D eigenvalue weighted by Gasteiger charge is -2.20. The number of para-hydroxylation sites is 1. The van der Waals surface area contributed by atoms with Gasteiger partial charge in [-0.2, -0.15) is 0 Å². The third kappa shape index (κ3) is 2.82. The van der Waals surface area contributed by atoms with Crippen LogP contribution in [0.5, 0.6) is 5.75 Å². The molecule has 0 spiro atoms. The zero-order chi connectivity index (χ0) is 16.3. The summed E-state index contributed by atoms with van der Waals surface area (Å²) in [4.78, 5) is 12.1. The van der Waals surface area contributed by atoms with Gasteiger partial charge in [-0.05, 0) is 26.8 Å². The Morgan fingerprint density at radius 2 is 1.82 bits per heavy atom. The summed E-state index contributed by atoms with van der Waals surface area (Å²) in [6, 6.07) is 5.09. The maximum absolute atomic E-state index is 13.1. The van der Waals surface area contributed by atoms with E-state index in [4.69, 9.17) is 18.2 Å². The van der Waals surface area contributed by atoms with E-state index in [1.54, 1.807) is 39.0 Å². The van der Waals surface area contributed by atoms with E-state index in [9.17, 15) is 9.36 Å². The van der Waals surface area contributed by atoms with Crippen LogP contribution in [0.2, 0.25) is 0 Å². The minimum absolute atomic E-state index is 0.197. The van der Waals surface area contributed by atoms with Crippen LogP contribution < -0.4 is 15.7 Å². The highest BCUT2D eigenvalue weighted by molar-refractivity contribution is 7.62. The van der Waals surface area contributed by atoms with Crippen LogP contribution in [0.1, 0.15) is 19.4 Å². The van der Waals surface area contributed by atoms with Gasteiger partial charge < -0.3 is 18.2 Å². The van der Waals surface area contributed by atoms with Crippen LogP contribution >= 0.6 is 7.60 Å². The fraction of sp³-hybridized carbons (Fsp3) is 0.400. The van der Waals surface area contributed by atoms with E-state index in [2.05, 4.69) is 0 Å². The molecule has 6 nitrogen and oxygen atoms in total. The van der Waals surface area contributed by atoms with Gasteiger partial charge in [-0.25, -0.2) is 4.79 Å². The summed E-state index contributed by atoms with van der Waals surface area (Å²) in [5, 5.41) is 0.725. The molecular formula is C15H19O6P. The number of hydrogen-bond donors (Lipinski definition) is 0. The van der Waals surface area contributed by atoms with Crippen LogP contribution in [0.15, 0.2) is 27.4 Å². The van der Waals surface area contributed by atoms with Gasteiger partial charge in [0, 0.05) is 5.39 Å². The summed E-state index contributed by atoms with van der Waals surface area (Å²) >= 11 is 0. The van der Waals surface area contributed by atoms with Crippen molar-refractivity contribution in [2.75, 3.05) is 20.3 Å². The Kier molecular flexibility index (Phi) is 5.06. The van der Waals surface area contributed by atoms with Gasteiger partial charge in [-0.15, -0.1) is 0 Å². The van der Waals surface area contributed by atoms with Gasteiger partial charge in [-0.3, -0.25) is 4.57 Å². The summed E-state index contributed by atoms with van der Waals surface area (Å²) < 4.78 is 34.4. The van der Waals surface area contributed by atoms with Crippen LogP contribution in [-0.2, 0) is 13.6 Å². The minimum Gasteiger partial charge on any atom is -0.493 e. The van der Waals surface area contributed by atoms with Crippen LogP contribution in [0.25, 0.3) is 11.0 Å². The van der Waals surface area contributed by atoms with E-state index in [-0.39, 0.29) is 29.7 Å². The minimum atomic E-state index is -3.63. The Balaban J connectivity index is 2.90. The van der Waals surface area contributed by atoms with Crippen molar-refractivity contribution in [3.8, 4) is 5.75 Å². The molecule has 0 bridgehead atoms. The predicted molar refractivity (Wildman–Crippen MR) is 84.3 cm³/mol. The Morgan fingerprint density at radius 3 is 2.36 bits per heavy atom. The first kappa shape index (κ1) is 16.7. The molecular weight excluding hydrogens is 307 g/mol. The second-order valence-electron chi connectivity index (χ2n) is 4.53. The Morgan fingerprint density at radius 1 is 1.18 bits per heavy atom. The molecule has 7 heteroatoms. The molecule has 1 heterocycles. The molecule has 0 aliphatic rings. The van der Waals surface area contributed by atoms with E-state index in [0.717, 1.165) is 0 Å². The lowest BCUT2D eigenvalue weighted by Crippen LogP contribution is -2.22. The molecule has 0 amide bonds. The number of rotatable bonds is 6. The fourth-order valence-corrected chi connectivity index (χ4v) is 4.28. The van der Waals surface area contributed by atoms with E-state index in [0.29, 0.717) is 11.1 Å². The van der Waals surface area contributed by atoms with Crippen molar-refractivity contribution >= 4 is 23.9 Å². The highest BCUT2D eigenvalue weighted by Crippen LogP contribution is 2.49. The molecule has 0 aliphatic carbocycles. The average Bonchev–Trinajstić information content (AvgIpc) is 2.48. The first-order valence-corrected chi connectivity index (χ1v) is 8.52. The zero-order valence-corrected chi connectivity index (χ0v) is 13.9. The summed E-state index contributed by atoms with van der Waals surface area (Å²) in [5.41, 5.74) is -0.146. The molecule has 1 aromatic carbocycles. The first-order valence-electron chi connectivity index (χ1n) is 6.98. The summed E-state index contributed by atoms with van der Waals surface area (Å²) in [6.07, 6.45) is 0. The SMILES string of the molecule is CCOP(=O)(OCC)c1c(C)c(=O)oc2c(OC)cccc12. The molecule has 0 saturated carbocycles. The van der Waals surface area contributed by atoms with Crippen LogP contribution in [0.3, 0.4) is 0 Å². The largest absolute Gasteiger partial charge is 0.493 e. The van der Waals surface area contributed by atoms with E-state index in [1.165, 1.54) is 7.11 Å². The Bertz CT molecular complexity index is 769. The maximum Gasteiger partial charge on any atom is 0.362 e. The lowest BCUT2D eigenvalue weighted by molar-refractivity contribution is 0.230. The topological polar surface area (TPSA) is 75.0 Å². The van der Waals surface area contributed by atoms with Crippen LogP contribution in [0.4, 0.5) is 0 Å². The van der Waals surface area contributed by atoms with Gasteiger partial charge in [0.2, 0.25) is 0 Å². The van der Waals surface area contributed by atoms with Crippen molar-refractivity contribution in [2.45, 2.75) is 20.8 Å². The second-order valence-corrected chi connectivity index (χ2v) is 6.49. The quantitative estimate of drug-likeness (QED) is 0.600. The Labute approximate surface area is 128 Å². The molecule has 0 saturated heterocycles. The van der Waals surface area contributed by atoms with Crippen molar-refractivity contribution in [3.05, 3.63) is 34.2 Å². The van der Waals surface area contributed by atoms with E-state index < -0.39 is 13.2 Å². The summed E-state index contributed by atoms with van der Waals surface area (Å²) in [5.74, 6) is 0.385. The highest BCUT2D eigenvalue weighted by Gasteiger charge is 2.33. The third-order valence-electron chi connectivity index (χ3n) is 3.18. The molecule has 1 aromatic heterocycles. The molecule has 2 rings (SSSR count). The molecule has 0 aliphatic heterocycles. The maximum atomic E-state index is 13.1. The van der Waals surface area contributed by atoms with Crippen molar-refractivity contribution < 1.29 is 22.8 Å². The van der Waals surface area contributed by atoms with Gasteiger partial charge >= 0.3 is 13.2 Å². The van der Waals surface area contributed by atoms with Gasteiger partial charge in [0.05, 0.1) is 31.2 Å². The van der Waals surface area contributed by atoms with Crippen LogP contribution in [-0.4, -0.2) is 20.3 Å². The van der Waals surface area contributed by atoms with Crippen molar-refractivity contribution in [1.82, 2.24) is 0 Å². The molecule has 0 fully saturated rings. The van der Waals surface area contributed by atoms with Gasteiger partial charge in [0.1, 0.15) is 0 Å². The zero-order valence-electron chi connectivity index (χ0n) is 13.0. The number of benzene rings is 1. The predicted octanol–water partition coefficient (Wildman–Crippen LogP) is 3.00. The van der Waals surface area contributed by atoms with Gasteiger partial charge in [0.25, 0.3) is 0 Å². The van der Waals surface area contributed by atoms with Gasteiger partial charge in [0.15, 0.2) is 11.3 Å². The smallest absolute Gasteiger partial charge is 0.362 e. The Hall–Kier alpha value is -1.62. The molecule has 0 radical (unpaired) electrons. The monoisotopic (exact) mass is 326 g/mol. The molecule has 0 atom stereocenters. The molecule has 0 N–H and O–H groups in total. The average molecular weight is 326 g/mol. The number of methoxy groups -OCH3 is 1. The van der Waals surface area contributed by atoms with Crippen molar-refractivity contribution in [2.24, 2.45) is 0 Å². The molecule has 2 aromatic rings.